The topological polar surface area (TPSA) is 49.8 Å². The zero-order valence-electron chi connectivity index (χ0n) is 7.72. The van der Waals surface area contributed by atoms with Gasteiger partial charge >= 0.3 is 0 Å². The summed E-state index contributed by atoms with van der Waals surface area (Å²) >= 11 is 0. The fourth-order valence-electron chi connectivity index (χ4n) is 1.04. The Bertz CT molecular complexity index is 297. The smallest absolute Gasteiger partial charge is 0.268 e. The molecule has 1 heterocycles. The summed E-state index contributed by atoms with van der Waals surface area (Å²) in [5, 5.41) is 5.69. The summed E-state index contributed by atoms with van der Waals surface area (Å²) in [6.07, 6.45) is 1.85. The van der Waals surface area contributed by atoms with Crippen molar-refractivity contribution in [1.82, 2.24) is 15.1 Å². The minimum atomic E-state index is -0.00181. The molecular weight excluding hydrogens is 154 g/mol. The first-order valence-corrected chi connectivity index (χ1v) is 4.09. The van der Waals surface area contributed by atoms with E-state index in [1.165, 1.54) is 0 Å². The largest absolute Gasteiger partial charge is 0.315 e. The maximum Gasteiger partial charge on any atom is 0.268 e. The Balaban J connectivity index is 2.93. The van der Waals surface area contributed by atoms with E-state index in [1.54, 1.807) is 0 Å². The number of hydrogen-bond acceptors (Lipinski definition) is 2. The van der Waals surface area contributed by atoms with Crippen LogP contribution in [-0.4, -0.2) is 16.8 Å². The highest BCUT2D eigenvalue weighted by atomic mass is 16.1. The van der Waals surface area contributed by atoms with E-state index in [0.717, 1.165) is 5.56 Å². The molecule has 0 saturated heterocycles. The van der Waals surface area contributed by atoms with Gasteiger partial charge in [0.25, 0.3) is 5.56 Å². The van der Waals surface area contributed by atoms with E-state index in [1.807, 2.05) is 31.8 Å². The van der Waals surface area contributed by atoms with E-state index in [4.69, 9.17) is 0 Å². The molecule has 0 unspecified atom stereocenters. The van der Waals surface area contributed by atoms with Crippen molar-refractivity contribution in [2.24, 2.45) is 0 Å². The van der Waals surface area contributed by atoms with E-state index in [9.17, 15) is 4.79 Å². The molecule has 4 nitrogen and oxygen atoms in total. The number of aromatic amines is 1. The van der Waals surface area contributed by atoms with E-state index >= 15 is 0 Å². The molecule has 0 saturated carbocycles. The monoisotopic (exact) mass is 169 g/mol. The third-order valence-corrected chi connectivity index (χ3v) is 1.74. The Morgan fingerprint density at radius 1 is 1.67 bits per heavy atom. The van der Waals surface area contributed by atoms with Crippen LogP contribution in [0, 0.1) is 0 Å². The van der Waals surface area contributed by atoms with Gasteiger partial charge in [-0.15, -0.1) is 0 Å². The second-order valence-corrected chi connectivity index (χ2v) is 3.13. The van der Waals surface area contributed by atoms with Crippen molar-refractivity contribution >= 4 is 0 Å². The van der Waals surface area contributed by atoms with Crippen molar-refractivity contribution in [2.75, 3.05) is 7.05 Å². The third kappa shape index (κ3) is 1.76. The molecule has 1 rings (SSSR count). The molecule has 0 radical (unpaired) electrons. The van der Waals surface area contributed by atoms with Gasteiger partial charge in [-0.25, -0.2) is 0 Å². The van der Waals surface area contributed by atoms with Gasteiger partial charge in [-0.2, -0.15) is 0 Å². The van der Waals surface area contributed by atoms with Crippen LogP contribution < -0.4 is 10.9 Å². The summed E-state index contributed by atoms with van der Waals surface area (Å²) in [6.45, 7) is 4.67. The molecule has 12 heavy (non-hydrogen) atoms. The average molecular weight is 169 g/mol. The predicted molar refractivity (Wildman–Crippen MR) is 48.2 cm³/mol. The van der Waals surface area contributed by atoms with E-state index < -0.39 is 0 Å². The number of hydrogen-bond donors (Lipinski definition) is 2. The Labute approximate surface area is 71.6 Å². The number of nitrogens with zero attached hydrogens (tertiary/aromatic N) is 1. The molecule has 1 aromatic heterocycles. The quantitative estimate of drug-likeness (QED) is 0.691. The molecule has 0 amide bonds. The molecule has 0 bridgehead atoms. The summed E-state index contributed by atoms with van der Waals surface area (Å²) in [4.78, 5) is 11.2. The van der Waals surface area contributed by atoms with E-state index in [-0.39, 0.29) is 5.56 Å². The highest BCUT2D eigenvalue weighted by molar-refractivity contribution is 5.04. The van der Waals surface area contributed by atoms with Gasteiger partial charge in [-0.3, -0.25) is 14.6 Å². The van der Waals surface area contributed by atoms with Crippen molar-refractivity contribution in [1.29, 1.82) is 0 Å². The lowest BCUT2D eigenvalue weighted by Gasteiger charge is -2.03. The highest BCUT2D eigenvalue weighted by Crippen LogP contribution is 2.00. The molecule has 1 aromatic rings. The predicted octanol–water partition coefficient (Wildman–Crippen LogP) is 0.477. The van der Waals surface area contributed by atoms with Crippen LogP contribution in [0.1, 0.15) is 25.5 Å². The molecule has 0 atom stereocenters. The standard InChI is InChI=1S/C8H15N3O/c1-6(2)11-5-7(4-9-3)8(12)10-11/h5-6,9H,4H2,1-3H3,(H,10,12). The zero-order chi connectivity index (χ0) is 9.14. The van der Waals surface area contributed by atoms with Crippen molar-refractivity contribution in [3.05, 3.63) is 22.1 Å². The second kappa shape index (κ2) is 3.58. The van der Waals surface area contributed by atoms with Gasteiger partial charge in [0.2, 0.25) is 0 Å². The average Bonchev–Trinajstić information content (AvgIpc) is 2.34. The molecule has 0 aliphatic heterocycles. The molecule has 0 aliphatic carbocycles. The summed E-state index contributed by atoms with van der Waals surface area (Å²) in [5.74, 6) is 0. The lowest BCUT2D eigenvalue weighted by atomic mass is 10.3. The molecule has 0 spiro atoms. The van der Waals surface area contributed by atoms with Crippen LogP contribution in [0.15, 0.2) is 11.0 Å². The summed E-state index contributed by atoms with van der Waals surface area (Å²) < 4.78 is 1.81. The van der Waals surface area contributed by atoms with Crippen LogP contribution in [0.4, 0.5) is 0 Å². The van der Waals surface area contributed by atoms with Gasteiger partial charge in [-0.05, 0) is 20.9 Å². The molecular formula is C8H15N3O. The third-order valence-electron chi connectivity index (χ3n) is 1.74. The van der Waals surface area contributed by atoms with Gasteiger partial charge in [0.05, 0.1) is 5.56 Å². The van der Waals surface area contributed by atoms with Gasteiger partial charge in [0.1, 0.15) is 0 Å². The fourth-order valence-corrected chi connectivity index (χ4v) is 1.04. The van der Waals surface area contributed by atoms with Gasteiger partial charge in [-0.1, -0.05) is 0 Å². The first kappa shape index (κ1) is 9.06. The first-order chi connectivity index (χ1) is 5.65. The first-order valence-electron chi connectivity index (χ1n) is 4.09. The summed E-state index contributed by atoms with van der Waals surface area (Å²) in [6, 6.07) is 0.309. The van der Waals surface area contributed by atoms with Crippen LogP contribution in [0.2, 0.25) is 0 Å². The SMILES string of the molecule is CNCc1cn(C(C)C)[nH]c1=O. The number of H-pyrrole nitrogens is 1. The van der Waals surface area contributed by atoms with Gasteiger partial charge in [0, 0.05) is 18.8 Å². The maximum absolute atomic E-state index is 11.2. The fraction of sp³-hybridized carbons (Fsp3) is 0.625. The van der Waals surface area contributed by atoms with Crippen molar-refractivity contribution in [3.63, 3.8) is 0 Å². The molecule has 68 valence electrons. The Morgan fingerprint density at radius 2 is 2.33 bits per heavy atom. The van der Waals surface area contributed by atoms with Crippen LogP contribution in [0.3, 0.4) is 0 Å². The normalized spacial score (nSPS) is 11.0. The Kier molecular flexibility index (Phi) is 2.70. The molecule has 0 fully saturated rings. The Morgan fingerprint density at radius 3 is 2.75 bits per heavy atom. The summed E-state index contributed by atoms with van der Waals surface area (Å²) in [7, 11) is 1.83. The minimum absolute atomic E-state index is 0.00181. The lowest BCUT2D eigenvalue weighted by molar-refractivity contribution is 0.528. The van der Waals surface area contributed by atoms with Crippen LogP contribution in [0.5, 0.6) is 0 Å². The number of aromatic nitrogens is 2. The highest BCUT2D eigenvalue weighted by Gasteiger charge is 2.03. The van der Waals surface area contributed by atoms with Crippen molar-refractivity contribution < 1.29 is 0 Å². The van der Waals surface area contributed by atoms with Gasteiger partial charge in [0.15, 0.2) is 0 Å². The number of rotatable bonds is 3. The second-order valence-electron chi connectivity index (χ2n) is 3.13. The Hall–Kier alpha value is -1.03. The molecule has 4 heteroatoms. The number of nitrogens with one attached hydrogen (secondary N) is 2. The molecule has 0 aromatic carbocycles. The minimum Gasteiger partial charge on any atom is -0.315 e. The maximum atomic E-state index is 11.2. The van der Waals surface area contributed by atoms with Crippen molar-refractivity contribution in [3.8, 4) is 0 Å². The van der Waals surface area contributed by atoms with E-state index in [0.29, 0.717) is 12.6 Å². The lowest BCUT2D eigenvalue weighted by Crippen LogP contribution is -2.14. The van der Waals surface area contributed by atoms with Crippen LogP contribution in [0.25, 0.3) is 0 Å². The van der Waals surface area contributed by atoms with Crippen LogP contribution >= 0.6 is 0 Å². The molecule has 2 N–H and O–H groups in total. The van der Waals surface area contributed by atoms with Crippen molar-refractivity contribution in [2.45, 2.75) is 26.4 Å². The zero-order valence-corrected chi connectivity index (χ0v) is 7.72. The molecule has 0 aliphatic rings. The van der Waals surface area contributed by atoms with Crippen LogP contribution in [-0.2, 0) is 6.54 Å². The summed E-state index contributed by atoms with van der Waals surface area (Å²) in [5.41, 5.74) is 0.782. The van der Waals surface area contributed by atoms with Gasteiger partial charge < -0.3 is 5.32 Å². The van der Waals surface area contributed by atoms with E-state index in [2.05, 4.69) is 10.4 Å².